The zero-order chi connectivity index (χ0) is 15.4. The molecule has 1 saturated heterocycles. The number of morpholine rings is 1. The van der Waals surface area contributed by atoms with Crippen LogP contribution in [-0.4, -0.2) is 41.2 Å². The first-order valence-corrected chi connectivity index (χ1v) is 7.48. The zero-order valence-corrected chi connectivity index (χ0v) is 13.0. The summed E-state index contributed by atoms with van der Waals surface area (Å²) in [4.78, 5) is 2.49. The van der Waals surface area contributed by atoms with E-state index in [4.69, 9.17) is 15.7 Å². The standard InChI is InChI=1S/C16H25N3O2/c1-4-15-10-21-12(3)8-19(15)9-14-6-5-13(7-11(14)2)16(17)18-20/h5-7,12,15,20H,4,8-10H2,1-3H3,(H2,17,18). The lowest BCUT2D eigenvalue weighted by molar-refractivity contribution is -0.0592. The molecular formula is C16H25N3O2. The summed E-state index contributed by atoms with van der Waals surface area (Å²) in [6.45, 7) is 9.06. The average molecular weight is 291 g/mol. The van der Waals surface area contributed by atoms with Crippen molar-refractivity contribution in [1.82, 2.24) is 4.90 Å². The number of aryl methyl sites for hydroxylation is 1. The Morgan fingerprint density at radius 2 is 2.29 bits per heavy atom. The predicted molar refractivity (Wildman–Crippen MR) is 83.6 cm³/mol. The number of oxime groups is 1. The molecule has 1 fully saturated rings. The molecule has 1 aliphatic heterocycles. The highest BCUT2D eigenvalue weighted by atomic mass is 16.5. The lowest BCUT2D eigenvalue weighted by Gasteiger charge is -2.38. The Balaban J connectivity index is 2.15. The summed E-state index contributed by atoms with van der Waals surface area (Å²) >= 11 is 0. The average Bonchev–Trinajstić information content (AvgIpc) is 2.48. The fourth-order valence-electron chi connectivity index (χ4n) is 2.79. The van der Waals surface area contributed by atoms with E-state index in [0.29, 0.717) is 6.04 Å². The van der Waals surface area contributed by atoms with E-state index in [0.717, 1.165) is 37.2 Å². The highest BCUT2D eigenvalue weighted by Gasteiger charge is 2.25. The largest absolute Gasteiger partial charge is 0.409 e. The number of nitrogens with zero attached hydrogens (tertiary/aromatic N) is 2. The minimum absolute atomic E-state index is 0.149. The highest BCUT2D eigenvalue weighted by Crippen LogP contribution is 2.20. The van der Waals surface area contributed by atoms with E-state index in [9.17, 15) is 0 Å². The Kier molecular flexibility index (Phi) is 5.20. The van der Waals surface area contributed by atoms with Crippen LogP contribution in [0.4, 0.5) is 0 Å². The van der Waals surface area contributed by atoms with E-state index in [-0.39, 0.29) is 11.9 Å². The van der Waals surface area contributed by atoms with Gasteiger partial charge in [-0.2, -0.15) is 0 Å². The summed E-state index contributed by atoms with van der Waals surface area (Å²) < 4.78 is 5.74. The van der Waals surface area contributed by atoms with Gasteiger partial charge in [-0.15, -0.1) is 0 Å². The van der Waals surface area contributed by atoms with E-state index in [1.807, 2.05) is 12.1 Å². The summed E-state index contributed by atoms with van der Waals surface area (Å²) in [5, 5.41) is 11.8. The maximum Gasteiger partial charge on any atom is 0.170 e. The second kappa shape index (κ2) is 6.91. The van der Waals surface area contributed by atoms with Crippen molar-refractivity contribution in [1.29, 1.82) is 0 Å². The normalized spacial score (nSPS) is 24.2. The maximum atomic E-state index is 8.75. The molecule has 3 N–H and O–H groups in total. The van der Waals surface area contributed by atoms with Crippen LogP contribution >= 0.6 is 0 Å². The summed E-state index contributed by atoms with van der Waals surface area (Å²) in [7, 11) is 0. The Morgan fingerprint density at radius 3 is 2.90 bits per heavy atom. The van der Waals surface area contributed by atoms with Crippen LogP contribution in [0.3, 0.4) is 0 Å². The second-order valence-electron chi connectivity index (χ2n) is 5.76. The van der Waals surface area contributed by atoms with Crippen molar-refractivity contribution in [3.05, 3.63) is 34.9 Å². The van der Waals surface area contributed by atoms with Crippen LogP contribution < -0.4 is 5.73 Å². The van der Waals surface area contributed by atoms with Crippen LogP contribution in [0.15, 0.2) is 23.4 Å². The number of hydrogen-bond donors (Lipinski definition) is 2. The van der Waals surface area contributed by atoms with Crippen LogP contribution in [0.25, 0.3) is 0 Å². The molecule has 0 radical (unpaired) electrons. The molecular weight excluding hydrogens is 266 g/mol. The molecule has 1 aromatic carbocycles. The van der Waals surface area contributed by atoms with Gasteiger partial charge in [0.15, 0.2) is 5.84 Å². The molecule has 0 amide bonds. The Hall–Kier alpha value is -1.59. The lowest BCUT2D eigenvalue weighted by Crippen LogP contribution is -2.47. The van der Waals surface area contributed by atoms with Crippen molar-refractivity contribution in [3.8, 4) is 0 Å². The van der Waals surface area contributed by atoms with Gasteiger partial charge in [0.05, 0.1) is 12.7 Å². The number of rotatable bonds is 4. The number of hydrogen-bond acceptors (Lipinski definition) is 4. The molecule has 0 spiro atoms. The molecule has 2 rings (SSSR count). The van der Waals surface area contributed by atoms with Crippen LogP contribution in [0, 0.1) is 6.92 Å². The molecule has 2 unspecified atom stereocenters. The van der Waals surface area contributed by atoms with Gasteiger partial charge in [-0.25, -0.2) is 0 Å². The fraction of sp³-hybridized carbons (Fsp3) is 0.562. The summed E-state index contributed by atoms with van der Waals surface area (Å²) in [6, 6.07) is 6.41. The van der Waals surface area contributed by atoms with Gasteiger partial charge < -0.3 is 15.7 Å². The molecule has 0 saturated carbocycles. The summed E-state index contributed by atoms with van der Waals surface area (Å²) in [5.74, 6) is 0.149. The van der Waals surface area contributed by atoms with Crippen LogP contribution in [-0.2, 0) is 11.3 Å². The SMILES string of the molecule is CCC1COC(C)CN1Cc1ccc(/C(N)=N/O)cc1C. The van der Waals surface area contributed by atoms with Gasteiger partial charge in [-0.1, -0.05) is 24.2 Å². The fourth-order valence-corrected chi connectivity index (χ4v) is 2.79. The van der Waals surface area contributed by atoms with Crippen LogP contribution in [0.5, 0.6) is 0 Å². The first-order valence-electron chi connectivity index (χ1n) is 7.48. The molecule has 5 heteroatoms. The summed E-state index contributed by atoms with van der Waals surface area (Å²) in [5.41, 5.74) is 8.82. The molecule has 21 heavy (non-hydrogen) atoms. The topological polar surface area (TPSA) is 71.1 Å². The van der Waals surface area contributed by atoms with E-state index in [1.54, 1.807) is 0 Å². The monoisotopic (exact) mass is 291 g/mol. The molecule has 1 aliphatic rings. The highest BCUT2D eigenvalue weighted by molar-refractivity contribution is 5.97. The van der Waals surface area contributed by atoms with E-state index >= 15 is 0 Å². The minimum Gasteiger partial charge on any atom is -0.409 e. The molecule has 0 aliphatic carbocycles. The number of amidine groups is 1. The van der Waals surface area contributed by atoms with E-state index in [2.05, 4.69) is 36.9 Å². The third kappa shape index (κ3) is 3.74. The number of ether oxygens (including phenoxy) is 1. The number of nitrogens with two attached hydrogens (primary N) is 1. The van der Waals surface area contributed by atoms with Crippen molar-refractivity contribution in [2.75, 3.05) is 13.2 Å². The first kappa shape index (κ1) is 15.8. The smallest absolute Gasteiger partial charge is 0.170 e. The van der Waals surface area contributed by atoms with Crippen molar-refractivity contribution < 1.29 is 9.94 Å². The van der Waals surface area contributed by atoms with Crippen molar-refractivity contribution in [3.63, 3.8) is 0 Å². The zero-order valence-electron chi connectivity index (χ0n) is 13.0. The predicted octanol–water partition coefficient (Wildman–Crippen LogP) is 2.09. The molecule has 5 nitrogen and oxygen atoms in total. The van der Waals surface area contributed by atoms with Gasteiger partial charge in [-0.3, -0.25) is 4.90 Å². The van der Waals surface area contributed by atoms with Gasteiger partial charge in [-0.05, 0) is 37.5 Å². The lowest BCUT2D eigenvalue weighted by atomic mass is 10.0. The summed E-state index contributed by atoms with van der Waals surface area (Å²) in [6.07, 6.45) is 1.37. The minimum atomic E-state index is 0.149. The maximum absolute atomic E-state index is 8.75. The van der Waals surface area contributed by atoms with Gasteiger partial charge >= 0.3 is 0 Å². The number of benzene rings is 1. The van der Waals surface area contributed by atoms with Gasteiger partial charge in [0, 0.05) is 24.7 Å². The van der Waals surface area contributed by atoms with Crippen LogP contribution in [0.1, 0.15) is 37.0 Å². The molecule has 0 bridgehead atoms. The second-order valence-corrected chi connectivity index (χ2v) is 5.76. The molecule has 0 aromatic heterocycles. The van der Waals surface area contributed by atoms with Crippen molar-refractivity contribution in [2.45, 2.75) is 45.9 Å². The Morgan fingerprint density at radius 1 is 1.52 bits per heavy atom. The molecule has 2 atom stereocenters. The van der Waals surface area contributed by atoms with Gasteiger partial charge in [0.25, 0.3) is 0 Å². The third-order valence-corrected chi connectivity index (χ3v) is 4.17. The third-order valence-electron chi connectivity index (χ3n) is 4.17. The van der Waals surface area contributed by atoms with Gasteiger partial charge in [0.1, 0.15) is 0 Å². The molecule has 116 valence electrons. The van der Waals surface area contributed by atoms with Crippen molar-refractivity contribution in [2.24, 2.45) is 10.9 Å². The first-order chi connectivity index (χ1) is 10.0. The molecule has 1 aromatic rings. The Labute approximate surface area is 126 Å². The van der Waals surface area contributed by atoms with Crippen LogP contribution in [0.2, 0.25) is 0 Å². The Bertz CT molecular complexity index is 516. The quantitative estimate of drug-likeness (QED) is 0.386. The van der Waals surface area contributed by atoms with Crippen molar-refractivity contribution >= 4 is 5.84 Å². The van der Waals surface area contributed by atoms with E-state index in [1.165, 1.54) is 5.56 Å². The van der Waals surface area contributed by atoms with E-state index < -0.39 is 0 Å². The molecule has 1 heterocycles. The van der Waals surface area contributed by atoms with Gasteiger partial charge in [0.2, 0.25) is 0 Å².